The van der Waals surface area contributed by atoms with Crippen LogP contribution in [0.1, 0.15) is 44.3 Å². The first-order valence-corrected chi connectivity index (χ1v) is 8.71. The summed E-state index contributed by atoms with van der Waals surface area (Å²) in [5, 5.41) is 11.4. The van der Waals surface area contributed by atoms with Crippen molar-refractivity contribution in [1.29, 1.82) is 0 Å². The molecule has 120 valence electrons. The maximum absolute atomic E-state index is 11.5. The van der Waals surface area contributed by atoms with Gasteiger partial charge in [0.2, 0.25) is 11.1 Å². The molecule has 1 aliphatic rings. The lowest BCUT2D eigenvalue weighted by atomic mass is 9.86. The van der Waals surface area contributed by atoms with E-state index in [0.717, 1.165) is 24.6 Å². The van der Waals surface area contributed by atoms with Crippen molar-refractivity contribution in [2.75, 3.05) is 18.1 Å². The number of carbonyl (C=O) groups is 1. The van der Waals surface area contributed by atoms with Gasteiger partial charge in [0.05, 0.1) is 12.3 Å². The van der Waals surface area contributed by atoms with Crippen LogP contribution >= 0.6 is 11.8 Å². The smallest absolute Gasteiger partial charge is 0.231 e. The number of hydrogen-bond acceptors (Lipinski definition) is 5. The van der Waals surface area contributed by atoms with E-state index in [1.165, 1.54) is 48.5 Å². The molecule has 1 aliphatic carbocycles. The number of nitrogen functional groups attached to an aromatic ring is 1. The third kappa shape index (κ3) is 4.95. The predicted octanol–water partition coefficient (Wildman–Crippen LogP) is 1.35. The van der Waals surface area contributed by atoms with Gasteiger partial charge in [0.15, 0.2) is 5.82 Å². The molecule has 6 nitrogen and oxygen atoms in total. The van der Waals surface area contributed by atoms with E-state index in [4.69, 9.17) is 12.3 Å². The van der Waals surface area contributed by atoms with Crippen LogP contribution in [0.5, 0.6) is 0 Å². The van der Waals surface area contributed by atoms with Crippen LogP contribution in [-0.4, -0.2) is 33.1 Å². The lowest BCUT2D eigenvalue weighted by Crippen LogP contribution is -2.25. The molecule has 7 heteroatoms. The maximum Gasteiger partial charge on any atom is 0.231 e. The number of thioether (sulfide) groups is 1. The highest BCUT2D eigenvalue weighted by Crippen LogP contribution is 2.27. The van der Waals surface area contributed by atoms with Gasteiger partial charge < -0.3 is 11.2 Å². The molecule has 0 bridgehead atoms. The van der Waals surface area contributed by atoms with Gasteiger partial charge in [0, 0.05) is 6.42 Å². The van der Waals surface area contributed by atoms with Gasteiger partial charge in [0.25, 0.3) is 0 Å². The molecule has 1 saturated carbocycles. The Kier molecular flexibility index (Phi) is 6.59. The van der Waals surface area contributed by atoms with Crippen molar-refractivity contribution >= 4 is 17.7 Å². The minimum absolute atomic E-state index is 0.130. The van der Waals surface area contributed by atoms with Crippen molar-refractivity contribution in [2.45, 2.75) is 50.1 Å². The first kappa shape index (κ1) is 16.7. The molecule has 0 spiro atoms. The van der Waals surface area contributed by atoms with Gasteiger partial charge in [-0.15, -0.1) is 16.6 Å². The largest absolute Gasteiger partial charge is 0.344 e. The number of rotatable bonds is 7. The standard InChI is InChI=1S/C15H23N5OS/c1-2-10-17-14(21)11-22-15-19-18-13(20(15)16)9-8-12-6-4-3-5-7-12/h1,12H,3-11,16H2,(H,17,21). The average molecular weight is 321 g/mol. The summed E-state index contributed by atoms with van der Waals surface area (Å²) in [6.07, 6.45) is 13.7. The van der Waals surface area contributed by atoms with E-state index in [1.54, 1.807) is 0 Å². The van der Waals surface area contributed by atoms with Crippen LogP contribution in [0.3, 0.4) is 0 Å². The minimum atomic E-state index is -0.130. The molecule has 1 aromatic heterocycles. The van der Waals surface area contributed by atoms with Gasteiger partial charge >= 0.3 is 0 Å². The molecule has 2 rings (SSSR count). The van der Waals surface area contributed by atoms with Crippen LogP contribution < -0.4 is 11.2 Å². The summed E-state index contributed by atoms with van der Waals surface area (Å²) in [6, 6.07) is 0. The molecule has 0 radical (unpaired) electrons. The zero-order valence-electron chi connectivity index (χ0n) is 12.8. The second-order valence-corrected chi connectivity index (χ2v) is 6.52. The molecule has 0 aliphatic heterocycles. The molecule has 1 aromatic rings. The third-order valence-electron chi connectivity index (χ3n) is 3.96. The van der Waals surface area contributed by atoms with Crippen LogP contribution in [0.25, 0.3) is 0 Å². The van der Waals surface area contributed by atoms with Crippen LogP contribution in [-0.2, 0) is 11.2 Å². The summed E-state index contributed by atoms with van der Waals surface area (Å²) >= 11 is 1.27. The van der Waals surface area contributed by atoms with Crippen molar-refractivity contribution in [3.63, 3.8) is 0 Å². The number of aromatic nitrogens is 3. The Hall–Kier alpha value is -1.68. The first-order valence-electron chi connectivity index (χ1n) is 7.73. The molecule has 3 N–H and O–H groups in total. The lowest BCUT2D eigenvalue weighted by Gasteiger charge is -2.20. The molecular weight excluding hydrogens is 298 g/mol. The zero-order valence-corrected chi connectivity index (χ0v) is 13.6. The fourth-order valence-electron chi connectivity index (χ4n) is 2.72. The van der Waals surface area contributed by atoms with E-state index < -0.39 is 0 Å². The van der Waals surface area contributed by atoms with E-state index in [0.29, 0.717) is 5.16 Å². The summed E-state index contributed by atoms with van der Waals surface area (Å²) < 4.78 is 1.50. The number of hydrogen-bond donors (Lipinski definition) is 2. The normalized spacial score (nSPS) is 15.4. The molecule has 0 saturated heterocycles. The summed E-state index contributed by atoms with van der Waals surface area (Å²) in [6.45, 7) is 0.237. The van der Waals surface area contributed by atoms with Crippen molar-refractivity contribution in [1.82, 2.24) is 20.2 Å². The fraction of sp³-hybridized carbons (Fsp3) is 0.667. The van der Waals surface area contributed by atoms with Gasteiger partial charge in [-0.2, -0.15) is 0 Å². The monoisotopic (exact) mass is 321 g/mol. The average Bonchev–Trinajstić information content (AvgIpc) is 2.90. The number of amides is 1. The Morgan fingerprint density at radius 2 is 2.18 bits per heavy atom. The van der Waals surface area contributed by atoms with E-state index in [9.17, 15) is 4.79 Å². The quantitative estimate of drug-likeness (QED) is 0.450. The summed E-state index contributed by atoms with van der Waals surface area (Å²) in [5.41, 5.74) is 0. The van der Waals surface area contributed by atoms with Gasteiger partial charge in [-0.25, -0.2) is 4.68 Å². The molecule has 0 aromatic carbocycles. The molecular formula is C15H23N5OS. The topological polar surface area (TPSA) is 85.8 Å². The zero-order chi connectivity index (χ0) is 15.8. The van der Waals surface area contributed by atoms with Crippen molar-refractivity contribution in [3.05, 3.63) is 5.82 Å². The number of nitrogens with two attached hydrogens (primary N) is 1. The summed E-state index contributed by atoms with van der Waals surface area (Å²) in [4.78, 5) is 11.5. The lowest BCUT2D eigenvalue weighted by molar-refractivity contribution is -0.118. The Balaban J connectivity index is 1.78. The van der Waals surface area contributed by atoms with Crippen LogP contribution in [0.2, 0.25) is 0 Å². The molecule has 22 heavy (non-hydrogen) atoms. The van der Waals surface area contributed by atoms with E-state index >= 15 is 0 Å². The summed E-state index contributed by atoms with van der Waals surface area (Å²) in [7, 11) is 0. The Morgan fingerprint density at radius 3 is 2.91 bits per heavy atom. The molecule has 0 atom stereocenters. The number of terminal acetylenes is 1. The molecule has 1 amide bonds. The highest BCUT2D eigenvalue weighted by atomic mass is 32.2. The molecule has 1 fully saturated rings. The first-order chi connectivity index (χ1) is 10.7. The summed E-state index contributed by atoms with van der Waals surface area (Å²) in [5.74, 6) is 10.1. The van der Waals surface area contributed by atoms with Crippen LogP contribution in [0.15, 0.2) is 5.16 Å². The number of aryl methyl sites for hydroxylation is 1. The predicted molar refractivity (Wildman–Crippen MR) is 87.6 cm³/mol. The molecule has 1 heterocycles. The third-order valence-corrected chi connectivity index (χ3v) is 4.90. The van der Waals surface area contributed by atoms with E-state index in [1.807, 2.05) is 0 Å². The second-order valence-electron chi connectivity index (χ2n) is 5.58. The van der Waals surface area contributed by atoms with Crippen LogP contribution in [0.4, 0.5) is 0 Å². The number of nitrogens with zero attached hydrogens (tertiary/aromatic N) is 3. The van der Waals surface area contributed by atoms with Gasteiger partial charge in [-0.3, -0.25) is 4.79 Å². The highest BCUT2D eigenvalue weighted by molar-refractivity contribution is 7.99. The van der Waals surface area contributed by atoms with Crippen LogP contribution in [0, 0.1) is 18.3 Å². The second kappa shape index (κ2) is 8.69. The van der Waals surface area contributed by atoms with Crippen molar-refractivity contribution in [2.24, 2.45) is 5.92 Å². The fourth-order valence-corrected chi connectivity index (χ4v) is 3.42. The minimum Gasteiger partial charge on any atom is -0.344 e. The van der Waals surface area contributed by atoms with E-state index in [2.05, 4.69) is 21.4 Å². The van der Waals surface area contributed by atoms with Gasteiger partial charge in [-0.1, -0.05) is 49.8 Å². The maximum atomic E-state index is 11.5. The van der Waals surface area contributed by atoms with Crippen molar-refractivity contribution in [3.8, 4) is 12.3 Å². The van der Waals surface area contributed by atoms with Gasteiger partial charge in [0.1, 0.15) is 0 Å². The SMILES string of the molecule is C#CCNC(=O)CSc1nnc(CCC2CCCCC2)n1N. The Bertz CT molecular complexity index is 531. The van der Waals surface area contributed by atoms with Gasteiger partial charge in [-0.05, 0) is 12.3 Å². The molecule has 0 unspecified atom stereocenters. The number of carbonyl (C=O) groups excluding carboxylic acids is 1. The van der Waals surface area contributed by atoms with E-state index in [-0.39, 0.29) is 18.2 Å². The Labute approximate surface area is 135 Å². The van der Waals surface area contributed by atoms with Crippen molar-refractivity contribution < 1.29 is 4.79 Å². The Morgan fingerprint density at radius 1 is 1.41 bits per heavy atom. The highest BCUT2D eigenvalue weighted by Gasteiger charge is 2.16. The number of nitrogens with one attached hydrogen (secondary N) is 1.